The van der Waals surface area contributed by atoms with E-state index in [1.54, 1.807) is 6.08 Å². The number of aliphatic hydroxyl groups is 1. The minimum absolute atomic E-state index is 0.0239. The van der Waals surface area contributed by atoms with E-state index in [1.807, 2.05) is 27.2 Å². The molecule has 0 saturated heterocycles. The summed E-state index contributed by atoms with van der Waals surface area (Å²) in [7, 11) is 1.19. The fraction of sp³-hybridized carbons (Fsp3) is 0.672. The minimum atomic E-state index is -4.63. The third kappa shape index (κ3) is 50.9. The number of unbranched alkanes of at least 4 members (excludes halogenated alkanes) is 18. The molecule has 0 rings (SSSR count). The number of nitrogens with zero attached hydrogens (tertiary/aromatic N) is 1. The SMILES string of the molecule is CC/C=C\C/C=C\C/C=C\C/C=C\C/C=C\C/C=C\CCCCC(=O)NC(COP(=O)([O-])OCC[N+](C)(C)C)C(O)/C=C/CC/C=C/CC/C=C/CCCCCCCCCCCCCCCC. The second kappa shape index (κ2) is 48.2. The zero-order valence-electron chi connectivity index (χ0n) is 43.6. The Balaban J connectivity index is 4.47. The van der Waals surface area contributed by atoms with E-state index in [9.17, 15) is 19.4 Å². The molecule has 0 heterocycles. The predicted octanol–water partition coefficient (Wildman–Crippen LogP) is 15.4. The van der Waals surface area contributed by atoms with Crippen LogP contribution in [0.5, 0.6) is 0 Å². The number of nitrogens with one attached hydrogen (secondary N) is 1. The van der Waals surface area contributed by atoms with Gasteiger partial charge in [-0.15, -0.1) is 0 Å². The molecule has 0 fully saturated rings. The Bertz CT molecular complexity index is 1450. The summed E-state index contributed by atoms with van der Waals surface area (Å²) >= 11 is 0. The van der Waals surface area contributed by atoms with Gasteiger partial charge in [0.1, 0.15) is 13.2 Å². The summed E-state index contributed by atoms with van der Waals surface area (Å²) in [6.07, 6.45) is 70.2. The predicted molar refractivity (Wildman–Crippen MR) is 288 cm³/mol. The molecule has 1 amide bonds. The van der Waals surface area contributed by atoms with Gasteiger partial charge in [-0.2, -0.15) is 0 Å². The van der Waals surface area contributed by atoms with Gasteiger partial charge in [-0.05, 0) is 96.3 Å². The van der Waals surface area contributed by atoms with Crippen LogP contribution in [-0.4, -0.2) is 68.5 Å². The molecule has 8 nitrogen and oxygen atoms in total. The number of rotatable bonds is 47. The summed E-state index contributed by atoms with van der Waals surface area (Å²) in [6.45, 7) is 4.46. The second-order valence-corrected chi connectivity index (χ2v) is 20.2. The summed E-state index contributed by atoms with van der Waals surface area (Å²) < 4.78 is 23.3. The third-order valence-corrected chi connectivity index (χ3v) is 12.2. The lowest BCUT2D eigenvalue weighted by Crippen LogP contribution is -2.45. The molecule has 0 bridgehead atoms. The average molecular weight is 953 g/mol. The van der Waals surface area contributed by atoms with Gasteiger partial charge in [-0.1, -0.05) is 207 Å². The van der Waals surface area contributed by atoms with Crippen molar-refractivity contribution >= 4 is 13.7 Å². The fourth-order valence-corrected chi connectivity index (χ4v) is 7.73. The Morgan fingerprint density at radius 3 is 1.39 bits per heavy atom. The largest absolute Gasteiger partial charge is 0.756 e. The van der Waals surface area contributed by atoms with E-state index in [4.69, 9.17) is 9.05 Å². The molecule has 3 unspecified atom stereocenters. The first-order valence-electron chi connectivity index (χ1n) is 26.7. The Hall–Kier alpha value is -2.84. The van der Waals surface area contributed by atoms with E-state index in [2.05, 4.69) is 116 Å². The molecule has 0 radical (unpaired) electrons. The Morgan fingerprint density at radius 1 is 0.537 bits per heavy atom. The summed E-state index contributed by atoms with van der Waals surface area (Å²) in [5.41, 5.74) is 0. The first-order valence-corrected chi connectivity index (χ1v) is 28.2. The normalized spacial score (nSPS) is 14.9. The smallest absolute Gasteiger partial charge is 0.268 e. The lowest BCUT2D eigenvalue weighted by Gasteiger charge is -2.29. The highest BCUT2D eigenvalue weighted by molar-refractivity contribution is 7.45. The molecule has 0 spiro atoms. The molecule has 384 valence electrons. The molecule has 0 aliphatic heterocycles. The zero-order valence-corrected chi connectivity index (χ0v) is 44.5. The summed E-state index contributed by atoms with van der Waals surface area (Å²) in [5, 5.41) is 13.8. The van der Waals surface area contributed by atoms with Crippen molar-refractivity contribution in [3.05, 3.63) is 109 Å². The number of amides is 1. The summed E-state index contributed by atoms with van der Waals surface area (Å²) in [4.78, 5) is 25.4. The van der Waals surface area contributed by atoms with Crippen LogP contribution in [0.3, 0.4) is 0 Å². The maximum absolute atomic E-state index is 12.9. The Morgan fingerprint density at radius 2 is 0.925 bits per heavy atom. The van der Waals surface area contributed by atoms with Crippen LogP contribution < -0.4 is 10.2 Å². The summed E-state index contributed by atoms with van der Waals surface area (Å²) in [5.74, 6) is -0.257. The van der Waals surface area contributed by atoms with Crippen molar-refractivity contribution in [3.8, 4) is 0 Å². The van der Waals surface area contributed by atoms with E-state index in [1.165, 1.54) is 96.3 Å². The molecule has 0 aromatic heterocycles. The molecule has 0 aliphatic rings. The monoisotopic (exact) mass is 953 g/mol. The van der Waals surface area contributed by atoms with Crippen LogP contribution in [0.4, 0.5) is 0 Å². The molecular weight excluding hydrogens is 852 g/mol. The maximum atomic E-state index is 12.9. The number of allylic oxidation sites excluding steroid dienone is 17. The Labute approximate surface area is 412 Å². The van der Waals surface area contributed by atoms with E-state index >= 15 is 0 Å². The van der Waals surface area contributed by atoms with Crippen molar-refractivity contribution in [3.63, 3.8) is 0 Å². The zero-order chi connectivity index (χ0) is 49.2. The molecule has 2 N–H and O–H groups in total. The van der Waals surface area contributed by atoms with Crippen molar-refractivity contribution in [2.45, 2.75) is 212 Å². The highest BCUT2D eigenvalue weighted by Crippen LogP contribution is 2.38. The van der Waals surface area contributed by atoms with Gasteiger partial charge < -0.3 is 28.8 Å². The van der Waals surface area contributed by atoms with Crippen molar-refractivity contribution in [2.24, 2.45) is 0 Å². The van der Waals surface area contributed by atoms with Crippen molar-refractivity contribution < 1.29 is 32.9 Å². The number of phosphoric acid groups is 1. The van der Waals surface area contributed by atoms with Crippen LogP contribution >= 0.6 is 7.82 Å². The van der Waals surface area contributed by atoms with Crippen molar-refractivity contribution in [2.75, 3.05) is 40.9 Å². The van der Waals surface area contributed by atoms with E-state index in [-0.39, 0.29) is 18.9 Å². The number of phosphoric ester groups is 1. The van der Waals surface area contributed by atoms with Gasteiger partial charge in [0.15, 0.2) is 0 Å². The third-order valence-electron chi connectivity index (χ3n) is 11.2. The minimum Gasteiger partial charge on any atom is -0.756 e. The van der Waals surface area contributed by atoms with Gasteiger partial charge in [0, 0.05) is 6.42 Å². The maximum Gasteiger partial charge on any atom is 0.268 e. The van der Waals surface area contributed by atoms with Crippen LogP contribution in [0.2, 0.25) is 0 Å². The molecule has 0 aromatic carbocycles. The van der Waals surface area contributed by atoms with Gasteiger partial charge in [-0.3, -0.25) is 9.36 Å². The van der Waals surface area contributed by atoms with E-state index in [0.717, 1.165) is 70.6 Å². The number of carbonyl (C=O) groups excluding carboxylic acids is 1. The summed E-state index contributed by atoms with van der Waals surface area (Å²) in [6, 6.07) is -0.941. The number of hydrogen-bond donors (Lipinski definition) is 2. The van der Waals surface area contributed by atoms with Crippen molar-refractivity contribution in [1.82, 2.24) is 5.32 Å². The molecule has 0 aliphatic carbocycles. The average Bonchev–Trinajstić information content (AvgIpc) is 3.29. The topological polar surface area (TPSA) is 108 Å². The quantitative estimate of drug-likeness (QED) is 0.0272. The number of likely N-dealkylation sites (N-methyl/N-ethyl adjacent to an activating group) is 1. The van der Waals surface area contributed by atoms with Crippen molar-refractivity contribution in [1.29, 1.82) is 0 Å². The number of carbonyl (C=O) groups is 1. The molecular formula is C58H101N2O6P. The first-order chi connectivity index (χ1) is 32.5. The standard InChI is InChI=1S/C58H101N2O6P/c1-6-8-10-12-14-16-18-20-22-24-26-28-29-30-32-33-35-37-39-41-43-45-47-49-51-57(61)56(55-66-67(63,64)65-54-53-60(3,4)5)59-58(62)52-50-48-46-44-42-40-38-36-34-31-27-25-23-21-19-17-15-13-11-9-7-2/h9,11,15,17,21,23,27,31,33,35-36,38,41-44,49,51,56-57,61H,6-8,10,12-14,16,18-20,22,24-26,28-30,32,34,37,39-40,45-48,50,52-55H2,1-5H3,(H-,59,62,63,64)/b11-9-,17-15-,23-21-,31-27-,35-33+,38-36-,43-41+,44-42-,51-49+. The van der Waals surface area contributed by atoms with Gasteiger partial charge in [-0.25, -0.2) is 0 Å². The fourth-order valence-electron chi connectivity index (χ4n) is 7.01. The second-order valence-electron chi connectivity index (χ2n) is 18.8. The number of hydrogen-bond acceptors (Lipinski definition) is 6. The van der Waals surface area contributed by atoms with Gasteiger partial charge in [0.05, 0.1) is 39.9 Å². The Kier molecular flexibility index (Phi) is 46.2. The molecule has 0 aromatic rings. The first kappa shape index (κ1) is 64.2. The van der Waals surface area contributed by atoms with Gasteiger partial charge >= 0.3 is 0 Å². The van der Waals surface area contributed by atoms with Crippen LogP contribution in [-0.2, 0) is 18.4 Å². The van der Waals surface area contributed by atoms with Crippen LogP contribution in [0.15, 0.2) is 109 Å². The van der Waals surface area contributed by atoms with Crippen LogP contribution in [0.1, 0.15) is 200 Å². The number of aliphatic hydroxyl groups excluding tert-OH is 1. The van der Waals surface area contributed by atoms with Gasteiger partial charge in [0.25, 0.3) is 7.82 Å². The lowest BCUT2D eigenvalue weighted by molar-refractivity contribution is -0.870. The van der Waals surface area contributed by atoms with E-state index in [0.29, 0.717) is 23.9 Å². The molecule has 0 saturated carbocycles. The van der Waals surface area contributed by atoms with Crippen LogP contribution in [0, 0.1) is 0 Å². The number of quaternary nitrogens is 1. The van der Waals surface area contributed by atoms with E-state index < -0.39 is 26.6 Å². The highest BCUT2D eigenvalue weighted by Gasteiger charge is 2.23. The molecule has 9 heteroatoms. The molecule has 67 heavy (non-hydrogen) atoms. The van der Waals surface area contributed by atoms with Crippen LogP contribution in [0.25, 0.3) is 0 Å². The highest BCUT2D eigenvalue weighted by atomic mass is 31.2. The molecule has 3 atom stereocenters. The lowest BCUT2D eigenvalue weighted by atomic mass is 10.0. The van der Waals surface area contributed by atoms with Gasteiger partial charge in [0.2, 0.25) is 5.91 Å².